The first-order chi connectivity index (χ1) is 14.4. The van der Waals surface area contributed by atoms with Gasteiger partial charge in [-0.25, -0.2) is 0 Å². The van der Waals surface area contributed by atoms with E-state index in [1.165, 1.54) is 14.2 Å². The number of methoxy groups -OCH3 is 2. The highest BCUT2D eigenvalue weighted by Gasteiger charge is 2.62. The van der Waals surface area contributed by atoms with E-state index in [-0.39, 0.29) is 46.7 Å². The SMILES string of the molecule is COc1cc(OC)c2c(c1Cl)OC1(C2=O)C2=C(C(=O)C[C@H]1C)c1ccccc1CO2. The summed E-state index contributed by atoms with van der Waals surface area (Å²) in [6, 6.07) is 9.10. The molecular weight excluding hydrogens is 408 g/mol. The minimum atomic E-state index is -1.48. The number of Topliss-reactive ketones (excluding diaryl/α,β-unsaturated/α-hetero) is 2. The smallest absolute Gasteiger partial charge is 0.231 e. The first-order valence-electron chi connectivity index (χ1n) is 9.61. The minimum Gasteiger partial charge on any atom is -0.496 e. The Labute approximate surface area is 178 Å². The zero-order valence-corrected chi connectivity index (χ0v) is 17.5. The van der Waals surface area contributed by atoms with Gasteiger partial charge in [0.2, 0.25) is 11.4 Å². The lowest BCUT2D eigenvalue weighted by Gasteiger charge is -2.41. The van der Waals surface area contributed by atoms with Gasteiger partial charge in [-0.3, -0.25) is 9.59 Å². The first kappa shape index (κ1) is 19.0. The van der Waals surface area contributed by atoms with E-state index in [0.717, 1.165) is 11.1 Å². The van der Waals surface area contributed by atoms with Gasteiger partial charge >= 0.3 is 0 Å². The van der Waals surface area contributed by atoms with E-state index in [0.29, 0.717) is 17.1 Å². The molecule has 1 unspecified atom stereocenters. The van der Waals surface area contributed by atoms with Gasteiger partial charge in [0.25, 0.3) is 0 Å². The van der Waals surface area contributed by atoms with Crippen LogP contribution in [0.2, 0.25) is 5.02 Å². The summed E-state index contributed by atoms with van der Waals surface area (Å²) in [5, 5.41) is 0.181. The van der Waals surface area contributed by atoms with Crippen molar-refractivity contribution in [2.75, 3.05) is 14.2 Å². The molecule has 1 spiro atoms. The molecule has 2 atom stereocenters. The van der Waals surface area contributed by atoms with Gasteiger partial charge in [-0.05, 0) is 11.1 Å². The third-order valence-electron chi connectivity index (χ3n) is 6.11. The predicted octanol–water partition coefficient (Wildman–Crippen LogP) is 4.22. The van der Waals surface area contributed by atoms with Crippen LogP contribution in [0, 0.1) is 5.92 Å². The van der Waals surface area contributed by atoms with Crippen molar-refractivity contribution in [2.24, 2.45) is 5.92 Å². The number of carbonyl (C=O) groups excluding carboxylic acids is 2. The fraction of sp³-hybridized carbons (Fsp3) is 0.304. The van der Waals surface area contributed by atoms with Crippen LogP contribution in [0.1, 0.15) is 34.8 Å². The molecule has 30 heavy (non-hydrogen) atoms. The molecule has 0 bridgehead atoms. The molecule has 6 nitrogen and oxygen atoms in total. The average Bonchev–Trinajstić information content (AvgIpc) is 3.07. The summed E-state index contributed by atoms with van der Waals surface area (Å²) in [6.45, 7) is 2.06. The number of allylic oxidation sites excluding steroid dienone is 1. The maximum atomic E-state index is 13.9. The van der Waals surface area contributed by atoms with Gasteiger partial charge < -0.3 is 18.9 Å². The number of carbonyl (C=O) groups is 2. The second-order valence-electron chi connectivity index (χ2n) is 7.64. The second kappa shape index (κ2) is 6.51. The third-order valence-corrected chi connectivity index (χ3v) is 6.46. The van der Waals surface area contributed by atoms with Crippen molar-refractivity contribution < 1.29 is 28.5 Å². The predicted molar refractivity (Wildman–Crippen MR) is 109 cm³/mol. The van der Waals surface area contributed by atoms with Crippen LogP contribution >= 0.6 is 11.6 Å². The average molecular weight is 427 g/mol. The quantitative estimate of drug-likeness (QED) is 0.716. The van der Waals surface area contributed by atoms with Gasteiger partial charge in [-0.15, -0.1) is 0 Å². The van der Waals surface area contributed by atoms with Gasteiger partial charge in [0.05, 0.1) is 19.8 Å². The van der Waals surface area contributed by atoms with Crippen LogP contribution < -0.4 is 14.2 Å². The van der Waals surface area contributed by atoms with Gasteiger partial charge in [0.1, 0.15) is 28.7 Å². The van der Waals surface area contributed by atoms with Crippen LogP contribution in [-0.2, 0) is 16.1 Å². The van der Waals surface area contributed by atoms with Crippen LogP contribution in [0.4, 0.5) is 0 Å². The summed E-state index contributed by atoms with van der Waals surface area (Å²) >= 11 is 6.50. The highest BCUT2D eigenvalue weighted by molar-refractivity contribution is 6.35. The van der Waals surface area contributed by atoms with Crippen LogP contribution in [0.15, 0.2) is 36.1 Å². The molecule has 0 radical (unpaired) electrons. The third kappa shape index (κ3) is 2.25. The maximum absolute atomic E-state index is 13.9. The Bertz CT molecular complexity index is 1150. The van der Waals surface area contributed by atoms with E-state index in [9.17, 15) is 9.59 Å². The van der Waals surface area contributed by atoms with Crippen molar-refractivity contribution in [2.45, 2.75) is 25.6 Å². The van der Waals surface area contributed by atoms with E-state index >= 15 is 0 Å². The van der Waals surface area contributed by atoms with Crippen LogP contribution in [0.3, 0.4) is 0 Å². The second-order valence-corrected chi connectivity index (χ2v) is 8.02. The minimum absolute atomic E-state index is 0.0710. The molecule has 2 aliphatic heterocycles. The van der Waals surface area contributed by atoms with E-state index in [4.69, 9.17) is 30.5 Å². The van der Waals surface area contributed by atoms with Crippen molar-refractivity contribution >= 4 is 28.7 Å². The molecule has 0 saturated heterocycles. The van der Waals surface area contributed by atoms with E-state index in [1.54, 1.807) is 6.07 Å². The molecule has 1 aliphatic carbocycles. The van der Waals surface area contributed by atoms with Crippen molar-refractivity contribution in [1.82, 2.24) is 0 Å². The molecule has 3 aliphatic rings. The zero-order valence-electron chi connectivity index (χ0n) is 16.7. The van der Waals surface area contributed by atoms with Gasteiger partial charge in [0, 0.05) is 18.4 Å². The highest BCUT2D eigenvalue weighted by Crippen LogP contribution is 2.57. The number of fused-ring (bicyclic) bond motifs is 4. The Morgan fingerprint density at radius 2 is 1.87 bits per heavy atom. The lowest BCUT2D eigenvalue weighted by molar-refractivity contribution is -0.117. The maximum Gasteiger partial charge on any atom is 0.231 e. The molecule has 0 amide bonds. The molecule has 0 N–H and O–H groups in total. The van der Waals surface area contributed by atoms with Gasteiger partial charge in [-0.2, -0.15) is 0 Å². The lowest BCUT2D eigenvalue weighted by Crippen LogP contribution is -2.53. The van der Waals surface area contributed by atoms with Gasteiger partial charge in [-0.1, -0.05) is 42.8 Å². The standard InChI is InChI=1S/C23H19ClO6/c1-11-8-14(25)17-13-7-5-4-6-12(13)10-29-22(17)23(11)21(26)18-15(27-2)9-16(28-3)19(24)20(18)30-23/h4-7,9,11H,8,10H2,1-3H3/t11-,23?/m1/s1. The van der Waals surface area contributed by atoms with Crippen LogP contribution in [0.25, 0.3) is 5.57 Å². The Morgan fingerprint density at radius 1 is 1.13 bits per heavy atom. The summed E-state index contributed by atoms with van der Waals surface area (Å²) < 4.78 is 23.2. The van der Waals surface area contributed by atoms with Crippen LogP contribution in [0.5, 0.6) is 17.2 Å². The van der Waals surface area contributed by atoms with Crippen molar-refractivity contribution in [3.05, 3.63) is 57.8 Å². The summed E-state index contributed by atoms with van der Waals surface area (Å²) in [4.78, 5) is 26.9. The number of ether oxygens (including phenoxy) is 4. The van der Waals surface area contributed by atoms with Crippen molar-refractivity contribution in [3.8, 4) is 17.2 Å². The number of ketones is 2. The van der Waals surface area contributed by atoms with E-state index in [2.05, 4.69) is 0 Å². The largest absolute Gasteiger partial charge is 0.496 e. The Balaban J connectivity index is 1.78. The Kier molecular flexibility index (Phi) is 4.12. The van der Waals surface area contributed by atoms with Gasteiger partial charge in [0.15, 0.2) is 17.3 Å². The molecular formula is C23H19ClO6. The molecule has 154 valence electrons. The van der Waals surface area contributed by atoms with Crippen LogP contribution in [-0.4, -0.2) is 31.4 Å². The molecule has 7 heteroatoms. The lowest BCUT2D eigenvalue weighted by atomic mass is 9.70. The van der Waals surface area contributed by atoms with E-state index in [1.807, 2.05) is 31.2 Å². The number of rotatable bonds is 2. The molecule has 2 heterocycles. The first-order valence-corrected chi connectivity index (χ1v) is 9.99. The number of hydrogen-bond donors (Lipinski definition) is 0. The Hall–Kier alpha value is -2.99. The number of hydrogen-bond acceptors (Lipinski definition) is 6. The number of benzene rings is 2. The monoisotopic (exact) mass is 426 g/mol. The summed E-state index contributed by atoms with van der Waals surface area (Å²) in [5.74, 6) is 0.220. The fourth-order valence-electron chi connectivity index (χ4n) is 4.63. The number of halogens is 1. The molecule has 0 fully saturated rings. The normalized spacial score (nSPS) is 24.1. The molecule has 5 rings (SSSR count). The summed E-state index contributed by atoms with van der Waals surface area (Å²) in [7, 11) is 2.94. The fourth-order valence-corrected chi connectivity index (χ4v) is 4.89. The zero-order chi connectivity index (χ0) is 21.2. The molecule has 0 aromatic heterocycles. The topological polar surface area (TPSA) is 71.1 Å². The highest BCUT2D eigenvalue weighted by atomic mass is 35.5. The molecule has 0 saturated carbocycles. The van der Waals surface area contributed by atoms with Crippen molar-refractivity contribution in [1.29, 1.82) is 0 Å². The van der Waals surface area contributed by atoms with E-state index < -0.39 is 11.5 Å². The summed E-state index contributed by atoms with van der Waals surface area (Å²) in [6.07, 6.45) is 0.146. The molecule has 2 aromatic rings. The summed E-state index contributed by atoms with van der Waals surface area (Å²) in [5.41, 5.74) is 0.826. The molecule has 2 aromatic carbocycles. The van der Waals surface area contributed by atoms with Crippen molar-refractivity contribution in [3.63, 3.8) is 0 Å². The Morgan fingerprint density at radius 3 is 2.60 bits per heavy atom.